The van der Waals surface area contributed by atoms with Crippen LogP contribution in [0, 0.1) is 0 Å². The van der Waals surface area contributed by atoms with Crippen molar-refractivity contribution in [2.45, 2.75) is 43.6 Å². The van der Waals surface area contributed by atoms with Gasteiger partial charge in [0.15, 0.2) is 11.5 Å². The summed E-state index contributed by atoms with van der Waals surface area (Å²) in [5.74, 6) is -7.00. The fourth-order valence-corrected chi connectivity index (χ4v) is 4.20. The molecule has 11 heteroatoms. The Morgan fingerprint density at radius 1 is 1.12 bits per heavy atom. The second kappa shape index (κ2) is 11.7. The van der Waals surface area contributed by atoms with Crippen LogP contribution in [-0.4, -0.2) is 35.4 Å². The number of aliphatic hydroxyl groups is 1. The fraction of sp³-hybridized carbons (Fsp3) is 0.364. The molecule has 0 bridgehead atoms. The minimum absolute atomic E-state index is 0. The summed E-state index contributed by atoms with van der Waals surface area (Å²) in [7, 11) is 0. The first-order chi connectivity index (χ1) is 14.8. The van der Waals surface area contributed by atoms with Crippen molar-refractivity contribution in [3.05, 3.63) is 58.1 Å². The van der Waals surface area contributed by atoms with E-state index in [4.69, 9.17) is 21.1 Å². The number of carboxylic acids is 2. The molecule has 0 aromatic heterocycles. The van der Waals surface area contributed by atoms with Crippen molar-refractivity contribution in [1.82, 2.24) is 5.32 Å². The predicted molar refractivity (Wildman–Crippen MR) is 105 cm³/mol. The molecule has 2 aromatic carbocycles. The van der Waals surface area contributed by atoms with Crippen molar-refractivity contribution in [2.75, 3.05) is 6.54 Å². The topological polar surface area (TPSA) is 131 Å². The van der Waals surface area contributed by atoms with E-state index in [9.17, 15) is 24.9 Å². The van der Waals surface area contributed by atoms with Crippen LogP contribution in [0.5, 0.6) is 11.5 Å². The molecule has 0 radical (unpaired) electrons. The van der Waals surface area contributed by atoms with Crippen LogP contribution in [0.15, 0.2) is 36.4 Å². The van der Waals surface area contributed by atoms with E-state index in [-0.39, 0.29) is 76.7 Å². The van der Waals surface area contributed by atoms with Gasteiger partial charge in [0.1, 0.15) is 11.9 Å². The number of halogens is 1. The molecule has 1 heterocycles. The molecule has 0 spiro atoms. The van der Waals surface area contributed by atoms with E-state index < -0.39 is 23.8 Å². The molecule has 2 aromatic rings. The van der Waals surface area contributed by atoms with Crippen LogP contribution in [-0.2, 0) is 22.4 Å². The Morgan fingerprint density at radius 2 is 1.76 bits per heavy atom. The van der Waals surface area contributed by atoms with E-state index in [0.29, 0.717) is 24.4 Å². The van der Waals surface area contributed by atoms with Gasteiger partial charge >= 0.3 is 64.9 Å². The van der Waals surface area contributed by atoms with E-state index in [0.717, 1.165) is 29.5 Å². The number of carboxylic acid groups (broad SMARTS) is 2. The molecule has 1 aliphatic carbocycles. The second-order valence-corrected chi connectivity index (χ2v) is 8.17. The normalized spacial score (nSPS) is 18.7. The van der Waals surface area contributed by atoms with E-state index in [1.165, 1.54) is 0 Å². The van der Waals surface area contributed by atoms with Crippen LogP contribution in [0.4, 0.5) is 0 Å². The molecular formula is C22H20ClNNa2O7. The smallest absolute Gasteiger partial charge is 0.542 e. The molecule has 2 unspecified atom stereocenters. The minimum atomic E-state index is -2.99. The number of aliphatic hydroxyl groups excluding tert-OH is 1. The summed E-state index contributed by atoms with van der Waals surface area (Å²) in [6, 6.07) is 10.3. The van der Waals surface area contributed by atoms with Gasteiger partial charge in [-0.15, -0.1) is 0 Å². The number of hydrogen-bond acceptors (Lipinski definition) is 8. The van der Waals surface area contributed by atoms with Gasteiger partial charge in [-0.25, -0.2) is 0 Å². The first-order valence-electron chi connectivity index (χ1n) is 9.92. The number of benzene rings is 2. The van der Waals surface area contributed by atoms with E-state index in [1.54, 1.807) is 30.3 Å². The molecule has 0 amide bonds. The molecular weight excluding hydrogens is 472 g/mol. The summed E-state index contributed by atoms with van der Waals surface area (Å²) < 4.78 is 10.2. The quantitative estimate of drug-likeness (QED) is 0.232. The van der Waals surface area contributed by atoms with Gasteiger partial charge in [-0.1, -0.05) is 23.7 Å². The average Bonchev–Trinajstić information content (AvgIpc) is 3.00. The summed E-state index contributed by atoms with van der Waals surface area (Å²) in [6.07, 6.45) is 2.31. The number of hydrogen-bond donors (Lipinski definition) is 2. The number of nitrogens with one attached hydrogen (secondary N) is 1. The van der Waals surface area contributed by atoms with Crippen LogP contribution in [0.2, 0.25) is 5.02 Å². The Balaban J connectivity index is 0.00000193. The number of carbonyl (C=O) groups excluding carboxylic acids is 2. The Bertz CT molecular complexity index is 1020. The Morgan fingerprint density at radius 3 is 2.36 bits per heavy atom. The third-order valence-corrected chi connectivity index (χ3v) is 5.84. The third kappa shape index (κ3) is 6.07. The maximum Gasteiger partial charge on any atom is 1.00 e. The number of aliphatic carboxylic acids is 2. The third-order valence-electron chi connectivity index (χ3n) is 5.61. The summed E-state index contributed by atoms with van der Waals surface area (Å²) in [6.45, 7) is 0.337. The van der Waals surface area contributed by atoms with Crippen LogP contribution >= 0.6 is 11.6 Å². The predicted octanol–water partition coefficient (Wildman–Crippen LogP) is -6.11. The summed E-state index contributed by atoms with van der Waals surface area (Å²) in [5, 5.41) is 37.0. The van der Waals surface area contributed by atoms with Gasteiger partial charge in [-0.2, -0.15) is 0 Å². The molecule has 1 aliphatic heterocycles. The van der Waals surface area contributed by atoms with E-state index in [1.807, 2.05) is 6.07 Å². The Hall–Kier alpha value is -0.810. The Labute approximate surface area is 240 Å². The van der Waals surface area contributed by atoms with Gasteiger partial charge < -0.3 is 39.7 Å². The van der Waals surface area contributed by atoms with Gasteiger partial charge in [0.05, 0.1) is 6.10 Å². The first-order valence-corrected chi connectivity index (χ1v) is 10.3. The Kier molecular flexibility index (Phi) is 10.1. The minimum Gasteiger partial charge on any atom is -0.542 e. The van der Waals surface area contributed by atoms with Gasteiger partial charge in [0, 0.05) is 17.6 Å². The largest absolute Gasteiger partial charge is 1.00 e. The van der Waals surface area contributed by atoms with Crippen LogP contribution < -0.4 is 84.1 Å². The maximum atomic E-state index is 11.3. The average molecular weight is 492 g/mol. The SMILES string of the molecule is O=C([O-])C1(C(=O)[O-])Oc2cc3c(cc2O1)CC(NCC(O)c1cccc(Cl)c1)CCC3.[Na+].[Na+]. The van der Waals surface area contributed by atoms with Crippen LogP contribution in [0.3, 0.4) is 0 Å². The van der Waals surface area contributed by atoms with Crippen molar-refractivity contribution in [3.63, 3.8) is 0 Å². The number of ether oxygens (including phenoxy) is 2. The van der Waals surface area contributed by atoms with Crippen LogP contribution in [0.25, 0.3) is 0 Å². The molecule has 0 saturated carbocycles. The fourth-order valence-electron chi connectivity index (χ4n) is 4.00. The zero-order valence-corrected chi connectivity index (χ0v) is 23.2. The van der Waals surface area contributed by atoms with E-state index >= 15 is 0 Å². The van der Waals surface area contributed by atoms with Crippen molar-refractivity contribution in [2.24, 2.45) is 0 Å². The molecule has 33 heavy (non-hydrogen) atoms. The van der Waals surface area contributed by atoms with Crippen molar-refractivity contribution >= 4 is 23.5 Å². The van der Waals surface area contributed by atoms with Crippen molar-refractivity contribution in [1.29, 1.82) is 0 Å². The number of carbonyl (C=O) groups is 2. The molecule has 164 valence electrons. The van der Waals surface area contributed by atoms with Gasteiger partial charge in [0.2, 0.25) is 0 Å². The molecule has 0 fully saturated rings. The van der Waals surface area contributed by atoms with Gasteiger partial charge in [0.25, 0.3) is 0 Å². The summed E-state index contributed by atoms with van der Waals surface area (Å²) >= 11 is 5.99. The molecule has 8 nitrogen and oxygen atoms in total. The monoisotopic (exact) mass is 491 g/mol. The summed E-state index contributed by atoms with van der Waals surface area (Å²) in [4.78, 5) is 22.6. The van der Waals surface area contributed by atoms with Crippen molar-refractivity contribution < 1.29 is 93.5 Å². The summed E-state index contributed by atoms with van der Waals surface area (Å²) in [5.41, 5.74) is 2.54. The van der Waals surface area contributed by atoms with Crippen LogP contribution in [0.1, 0.15) is 35.6 Å². The standard InChI is InChI=1S/C22H22ClNO7.2Na/c23-15-5-1-4-13(7-15)17(25)11-24-16-6-2-3-12-9-18-19(10-14(12)8-16)31-22(30-18,20(26)27)21(28)29;;/h1,4-5,7,9-10,16-17,24-25H,2-3,6,8,11H2,(H,26,27)(H,28,29);;/q;2*+1/p-2. The van der Waals surface area contributed by atoms with Crippen molar-refractivity contribution in [3.8, 4) is 11.5 Å². The zero-order chi connectivity index (χ0) is 22.2. The molecule has 2 aliphatic rings. The molecule has 4 rings (SSSR count). The van der Waals surface area contributed by atoms with E-state index in [2.05, 4.69) is 5.32 Å². The number of rotatable bonds is 6. The molecule has 2 N–H and O–H groups in total. The second-order valence-electron chi connectivity index (χ2n) is 7.74. The first kappa shape index (κ1) is 28.4. The number of fused-ring (bicyclic) bond motifs is 2. The van der Waals surface area contributed by atoms with Gasteiger partial charge in [-0.3, -0.25) is 0 Å². The molecule has 2 atom stereocenters. The zero-order valence-electron chi connectivity index (χ0n) is 18.4. The molecule has 0 saturated heterocycles. The maximum absolute atomic E-state index is 11.3. The van der Waals surface area contributed by atoms with Gasteiger partial charge in [-0.05, 0) is 66.6 Å². The number of aryl methyl sites for hydroxylation is 1.